The highest BCUT2D eigenvalue weighted by Gasteiger charge is 2.21. The second-order valence-corrected chi connectivity index (χ2v) is 8.49. The molecule has 0 radical (unpaired) electrons. The number of hydrogen-bond donors (Lipinski definition) is 2. The Morgan fingerprint density at radius 2 is 1.81 bits per heavy atom. The lowest BCUT2D eigenvalue weighted by atomic mass is 10.2. The van der Waals surface area contributed by atoms with Gasteiger partial charge in [-0.05, 0) is 44.0 Å². The van der Waals surface area contributed by atoms with Crippen molar-refractivity contribution in [2.24, 2.45) is 0 Å². The molecule has 11 heteroatoms. The minimum atomic E-state index is -1.70. The van der Waals surface area contributed by atoms with Crippen LogP contribution in [-0.2, 0) is 9.59 Å². The molecule has 2 N–H and O–H groups in total. The summed E-state index contributed by atoms with van der Waals surface area (Å²) >= 11 is 1.13. The van der Waals surface area contributed by atoms with Crippen LogP contribution in [0.5, 0.6) is 0 Å². The number of rotatable bonds is 7. The maximum absolute atomic E-state index is 13.6. The zero-order chi connectivity index (χ0) is 23.3. The number of carbonyl (C=O) groups is 3. The van der Waals surface area contributed by atoms with Crippen molar-refractivity contribution < 1.29 is 27.6 Å². The monoisotopic (exact) mass is 466 g/mol. The minimum absolute atomic E-state index is 0.0687. The summed E-state index contributed by atoms with van der Waals surface area (Å²) in [7, 11) is 0. The Hall–Kier alpha value is -3.08. The molecule has 170 valence electrons. The number of benzene rings is 1. The first-order chi connectivity index (χ1) is 15.3. The Balaban J connectivity index is 1.47. The number of thioether (sulfide) groups is 1. The van der Waals surface area contributed by atoms with Gasteiger partial charge in [-0.2, -0.15) is 0 Å². The van der Waals surface area contributed by atoms with Gasteiger partial charge in [0.2, 0.25) is 11.8 Å². The molecule has 2 heterocycles. The predicted molar refractivity (Wildman–Crippen MR) is 113 cm³/mol. The van der Waals surface area contributed by atoms with Crippen LogP contribution in [0.3, 0.4) is 0 Å². The van der Waals surface area contributed by atoms with Crippen molar-refractivity contribution in [2.45, 2.75) is 30.0 Å². The molecule has 1 aromatic heterocycles. The van der Waals surface area contributed by atoms with Gasteiger partial charge in [-0.25, -0.2) is 18.2 Å². The molecule has 1 unspecified atom stereocenters. The van der Waals surface area contributed by atoms with Crippen molar-refractivity contribution in [3.8, 4) is 0 Å². The standard InChI is InChI=1S/C21H21F3N4O3S/c1-12(32-17-7-4-13(10-25-17)21(31)28-8-2-3-9-28)20(30)26-11-16(29)27-15-6-5-14(22)18(23)19(15)24/h4-7,10,12H,2-3,8-9,11H2,1H3,(H,26,30)(H,27,29). The van der Waals surface area contributed by atoms with E-state index in [4.69, 9.17) is 0 Å². The third kappa shape index (κ3) is 5.78. The van der Waals surface area contributed by atoms with Crippen molar-refractivity contribution in [1.82, 2.24) is 15.2 Å². The zero-order valence-corrected chi connectivity index (χ0v) is 18.0. The maximum Gasteiger partial charge on any atom is 0.255 e. The SMILES string of the molecule is CC(Sc1ccc(C(=O)N2CCCC2)cn1)C(=O)NCC(=O)Nc1ccc(F)c(F)c1F. The van der Waals surface area contributed by atoms with Crippen LogP contribution in [0.1, 0.15) is 30.1 Å². The molecule has 2 aromatic rings. The van der Waals surface area contributed by atoms with Crippen LogP contribution in [0.2, 0.25) is 0 Å². The van der Waals surface area contributed by atoms with Gasteiger partial charge in [0.05, 0.1) is 28.1 Å². The molecular formula is C21H21F3N4O3S. The summed E-state index contributed by atoms with van der Waals surface area (Å²) in [5, 5.41) is 4.37. The van der Waals surface area contributed by atoms with E-state index in [1.54, 1.807) is 24.0 Å². The highest BCUT2D eigenvalue weighted by molar-refractivity contribution is 8.00. The molecule has 1 atom stereocenters. The first-order valence-electron chi connectivity index (χ1n) is 9.89. The zero-order valence-electron chi connectivity index (χ0n) is 17.2. The fourth-order valence-corrected chi connectivity index (χ4v) is 3.85. The summed E-state index contributed by atoms with van der Waals surface area (Å²) in [6.07, 6.45) is 3.46. The van der Waals surface area contributed by atoms with Crippen LogP contribution in [0.4, 0.5) is 18.9 Å². The third-order valence-electron chi connectivity index (χ3n) is 4.78. The molecular weight excluding hydrogens is 445 g/mol. The first kappa shape index (κ1) is 23.6. The normalized spacial score (nSPS) is 14.2. The van der Waals surface area contributed by atoms with Crippen LogP contribution >= 0.6 is 11.8 Å². The smallest absolute Gasteiger partial charge is 0.255 e. The Labute approximate surface area is 186 Å². The van der Waals surface area contributed by atoms with Crippen molar-refractivity contribution in [3.63, 3.8) is 0 Å². The van der Waals surface area contributed by atoms with Gasteiger partial charge >= 0.3 is 0 Å². The molecule has 3 amide bonds. The summed E-state index contributed by atoms with van der Waals surface area (Å²) in [5.41, 5.74) is -0.0483. The van der Waals surface area contributed by atoms with E-state index in [9.17, 15) is 27.6 Å². The summed E-state index contributed by atoms with van der Waals surface area (Å²) in [4.78, 5) is 42.5. The fourth-order valence-electron chi connectivity index (χ4n) is 3.04. The number of anilines is 1. The lowest BCUT2D eigenvalue weighted by molar-refractivity contribution is -0.123. The highest BCUT2D eigenvalue weighted by atomic mass is 32.2. The summed E-state index contributed by atoms with van der Waals surface area (Å²) in [6, 6.07) is 4.87. The molecule has 0 bridgehead atoms. The topological polar surface area (TPSA) is 91.4 Å². The van der Waals surface area contributed by atoms with Crippen molar-refractivity contribution in [2.75, 3.05) is 25.0 Å². The quantitative estimate of drug-likeness (QED) is 0.484. The number of pyridine rings is 1. The van der Waals surface area contributed by atoms with Gasteiger partial charge in [0.1, 0.15) is 0 Å². The van der Waals surface area contributed by atoms with Gasteiger partial charge in [0.25, 0.3) is 5.91 Å². The Kier molecular flexibility index (Phi) is 7.73. The van der Waals surface area contributed by atoms with E-state index >= 15 is 0 Å². The first-order valence-corrected chi connectivity index (χ1v) is 10.8. The van der Waals surface area contributed by atoms with Crippen molar-refractivity contribution in [3.05, 3.63) is 53.5 Å². The van der Waals surface area contributed by atoms with E-state index in [0.717, 1.165) is 43.8 Å². The summed E-state index contributed by atoms with van der Waals surface area (Å²) in [6.45, 7) is 2.60. The molecule has 3 rings (SSSR count). The summed E-state index contributed by atoms with van der Waals surface area (Å²) < 4.78 is 39.8. The van der Waals surface area contributed by atoms with Gasteiger partial charge in [0.15, 0.2) is 17.5 Å². The van der Waals surface area contributed by atoms with Crippen LogP contribution in [0, 0.1) is 17.5 Å². The number of carbonyl (C=O) groups excluding carboxylic acids is 3. The fraction of sp³-hybridized carbons (Fsp3) is 0.333. The molecule has 1 aliphatic heterocycles. The van der Waals surface area contributed by atoms with E-state index in [2.05, 4.69) is 15.6 Å². The van der Waals surface area contributed by atoms with Crippen LogP contribution in [0.25, 0.3) is 0 Å². The van der Waals surface area contributed by atoms with Crippen LogP contribution < -0.4 is 10.6 Å². The number of aromatic nitrogens is 1. The second-order valence-electron chi connectivity index (χ2n) is 7.13. The molecule has 1 aromatic carbocycles. The van der Waals surface area contributed by atoms with Gasteiger partial charge < -0.3 is 15.5 Å². The number of likely N-dealkylation sites (tertiary alicyclic amines) is 1. The molecule has 0 spiro atoms. The molecule has 32 heavy (non-hydrogen) atoms. The Bertz CT molecular complexity index is 1010. The van der Waals surface area contributed by atoms with E-state index in [1.165, 1.54) is 6.20 Å². The van der Waals surface area contributed by atoms with E-state index in [0.29, 0.717) is 16.7 Å². The van der Waals surface area contributed by atoms with E-state index < -0.39 is 46.7 Å². The molecule has 1 aliphatic rings. The van der Waals surface area contributed by atoms with Gasteiger partial charge in [0, 0.05) is 19.3 Å². The van der Waals surface area contributed by atoms with E-state index in [-0.39, 0.29) is 5.91 Å². The average Bonchev–Trinajstić information content (AvgIpc) is 3.33. The van der Waals surface area contributed by atoms with Gasteiger partial charge in [-0.15, -0.1) is 0 Å². The highest BCUT2D eigenvalue weighted by Crippen LogP contribution is 2.22. The maximum atomic E-state index is 13.6. The van der Waals surface area contributed by atoms with Gasteiger partial charge in [-0.1, -0.05) is 11.8 Å². The number of halogens is 3. The molecule has 7 nitrogen and oxygen atoms in total. The third-order valence-corrected chi connectivity index (χ3v) is 5.83. The molecule has 0 saturated carbocycles. The Morgan fingerprint density at radius 3 is 2.47 bits per heavy atom. The number of nitrogens with one attached hydrogen (secondary N) is 2. The van der Waals surface area contributed by atoms with Crippen molar-refractivity contribution >= 4 is 35.2 Å². The number of amides is 3. The number of nitrogens with zero attached hydrogens (tertiary/aromatic N) is 2. The molecule has 0 aliphatic carbocycles. The number of hydrogen-bond acceptors (Lipinski definition) is 5. The average molecular weight is 466 g/mol. The largest absolute Gasteiger partial charge is 0.346 e. The summed E-state index contributed by atoms with van der Waals surface area (Å²) in [5.74, 6) is -5.94. The van der Waals surface area contributed by atoms with E-state index in [1.807, 2.05) is 0 Å². The minimum Gasteiger partial charge on any atom is -0.346 e. The lowest BCUT2D eigenvalue weighted by Gasteiger charge is -2.15. The lowest BCUT2D eigenvalue weighted by Crippen LogP contribution is -2.37. The Morgan fingerprint density at radius 1 is 1.09 bits per heavy atom. The molecule has 1 fully saturated rings. The van der Waals surface area contributed by atoms with Gasteiger partial charge in [-0.3, -0.25) is 14.4 Å². The predicted octanol–water partition coefficient (Wildman–Crippen LogP) is 2.97. The van der Waals surface area contributed by atoms with Crippen LogP contribution in [0.15, 0.2) is 35.5 Å². The molecule has 1 saturated heterocycles. The van der Waals surface area contributed by atoms with Crippen LogP contribution in [-0.4, -0.2) is 52.5 Å². The van der Waals surface area contributed by atoms with Crippen molar-refractivity contribution in [1.29, 1.82) is 0 Å². The second kappa shape index (κ2) is 10.5.